The van der Waals surface area contributed by atoms with Gasteiger partial charge in [0.05, 0.1) is 41.6 Å². The van der Waals surface area contributed by atoms with Crippen molar-refractivity contribution < 1.29 is 14.3 Å². The molecule has 0 atom stereocenters. The van der Waals surface area contributed by atoms with Crippen LogP contribution in [-0.4, -0.2) is 75.6 Å². The van der Waals surface area contributed by atoms with Crippen molar-refractivity contribution in [3.63, 3.8) is 0 Å². The van der Waals surface area contributed by atoms with Crippen LogP contribution in [0.25, 0.3) is 11.3 Å². The van der Waals surface area contributed by atoms with E-state index >= 15 is 0 Å². The number of imide groups is 1. The molecule has 0 spiro atoms. The van der Waals surface area contributed by atoms with Crippen LogP contribution in [0, 0.1) is 0 Å². The van der Waals surface area contributed by atoms with E-state index in [-0.39, 0.29) is 6.54 Å². The molecule has 0 aliphatic carbocycles. The molecule has 3 aromatic heterocycles. The van der Waals surface area contributed by atoms with Gasteiger partial charge in [-0.05, 0) is 52.1 Å². The van der Waals surface area contributed by atoms with Crippen molar-refractivity contribution in [2.24, 2.45) is 0 Å². The fraction of sp³-hybridized carbons (Fsp3) is 0.370. The van der Waals surface area contributed by atoms with E-state index in [1.165, 1.54) is 0 Å². The predicted octanol–water partition coefficient (Wildman–Crippen LogP) is 3.92. The summed E-state index contributed by atoms with van der Waals surface area (Å²) in [6.07, 6.45) is 6.10. The fourth-order valence-corrected chi connectivity index (χ4v) is 4.48. The number of likely N-dealkylation sites (N-methyl/N-ethyl adjacent to an activating group) is 1. The third kappa shape index (κ3) is 5.24. The van der Waals surface area contributed by atoms with Gasteiger partial charge in [0, 0.05) is 49.7 Å². The lowest BCUT2D eigenvalue weighted by Crippen LogP contribution is -2.44. The van der Waals surface area contributed by atoms with Crippen LogP contribution in [0.1, 0.15) is 36.7 Å². The standard InChI is InChI=1S/C27H31N7O3/c1-27(2,3)37-26(36)34-17-20-23(25(34)35)21(16-30-24(20)18-7-9-28-10-8-18)31-22-6-5-19(15-29-22)33-13-11-32(4)12-14-33/h5-10,15-16H,11-14,17H2,1-4H3,(H,29,31). The first-order valence-corrected chi connectivity index (χ1v) is 12.3. The van der Waals surface area contributed by atoms with Crippen LogP contribution < -0.4 is 10.2 Å². The number of carbonyl (C=O) groups is 2. The van der Waals surface area contributed by atoms with Gasteiger partial charge in [-0.3, -0.25) is 14.8 Å². The maximum Gasteiger partial charge on any atom is 0.417 e. The normalized spacial score (nSPS) is 16.1. The molecule has 192 valence electrons. The lowest BCUT2D eigenvalue weighted by molar-refractivity contribution is 0.0248. The van der Waals surface area contributed by atoms with Crippen LogP contribution in [0.4, 0.5) is 22.0 Å². The number of rotatable bonds is 4. The monoisotopic (exact) mass is 501 g/mol. The highest BCUT2D eigenvalue weighted by atomic mass is 16.6. The zero-order chi connectivity index (χ0) is 26.2. The van der Waals surface area contributed by atoms with Gasteiger partial charge in [0.15, 0.2) is 0 Å². The van der Waals surface area contributed by atoms with Gasteiger partial charge in [-0.25, -0.2) is 14.7 Å². The first-order chi connectivity index (χ1) is 17.7. The number of anilines is 3. The van der Waals surface area contributed by atoms with Crippen molar-refractivity contribution in [1.29, 1.82) is 0 Å². The van der Waals surface area contributed by atoms with E-state index in [0.29, 0.717) is 28.3 Å². The van der Waals surface area contributed by atoms with Gasteiger partial charge in [0.2, 0.25) is 0 Å². The van der Waals surface area contributed by atoms with Gasteiger partial charge in [0.1, 0.15) is 11.4 Å². The summed E-state index contributed by atoms with van der Waals surface area (Å²) in [4.78, 5) is 45.4. The molecule has 2 aliphatic heterocycles. The summed E-state index contributed by atoms with van der Waals surface area (Å²) in [5.41, 5.74) is 3.30. The average Bonchev–Trinajstić information content (AvgIpc) is 3.23. The number of hydrogen-bond acceptors (Lipinski definition) is 9. The number of ether oxygens (including phenoxy) is 1. The van der Waals surface area contributed by atoms with Crippen LogP contribution in [0.15, 0.2) is 49.1 Å². The molecule has 0 bridgehead atoms. The van der Waals surface area contributed by atoms with Gasteiger partial charge >= 0.3 is 6.09 Å². The van der Waals surface area contributed by atoms with Crippen molar-refractivity contribution in [2.45, 2.75) is 32.9 Å². The molecule has 2 amide bonds. The van der Waals surface area contributed by atoms with Crippen LogP contribution in [0.3, 0.4) is 0 Å². The number of carbonyl (C=O) groups excluding carboxylic acids is 2. The summed E-state index contributed by atoms with van der Waals surface area (Å²) in [6.45, 7) is 9.31. The third-order valence-corrected chi connectivity index (χ3v) is 6.40. The van der Waals surface area contributed by atoms with E-state index in [0.717, 1.165) is 42.3 Å². The van der Waals surface area contributed by atoms with Crippen molar-refractivity contribution >= 4 is 29.2 Å². The van der Waals surface area contributed by atoms with E-state index in [4.69, 9.17) is 4.74 Å². The maximum absolute atomic E-state index is 13.5. The number of nitrogens with one attached hydrogen (secondary N) is 1. The minimum atomic E-state index is -0.727. The van der Waals surface area contributed by atoms with Gasteiger partial charge in [-0.15, -0.1) is 0 Å². The van der Waals surface area contributed by atoms with Crippen molar-refractivity contribution in [3.05, 3.63) is 60.2 Å². The van der Waals surface area contributed by atoms with Gasteiger partial charge in [0.25, 0.3) is 5.91 Å². The minimum absolute atomic E-state index is 0.0685. The first-order valence-electron chi connectivity index (χ1n) is 12.3. The van der Waals surface area contributed by atoms with E-state index in [1.54, 1.807) is 39.4 Å². The number of nitrogens with zero attached hydrogens (tertiary/aromatic N) is 6. The molecule has 5 rings (SSSR count). The Morgan fingerprint density at radius 2 is 1.73 bits per heavy atom. The molecule has 5 heterocycles. The van der Waals surface area contributed by atoms with Crippen LogP contribution in [-0.2, 0) is 11.3 Å². The lowest BCUT2D eigenvalue weighted by atomic mass is 10.0. The molecule has 10 nitrogen and oxygen atoms in total. The topological polar surface area (TPSA) is 104 Å². The number of piperazine rings is 1. The molecule has 0 aromatic carbocycles. The molecule has 0 saturated carbocycles. The number of amides is 2. The second-order valence-electron chi connectivity index (χ2n) is 10.3. The van der Waals surface area contributed by atoms with Crippen LogP contribution in [0.5, 0.6) is 0 Å². The predicted molar refractivity (Wildman–Crippen MR) is 141 cm³/mol. The summed E-state index contributed by atoms with van der Waals surface area (Å²) in [6, 6.07) is 7.57. The zero-order valence-electron chi connectivity index (χ0n) is 21.6. The SMILES string of the molecule is CN1CCN(c2ccc(Nc3cnc(-c4ccncc4)c4c3C(=O)N(C(=O)OC(C)(C)C)C4)nc2)CC1. The Hall–Kier alpha value is -4.05. The van der Waals surface area contributed by atoms with E-state index in [1.807, 2.05) is 30.5 Å². The van der Waals surface area contributed by atoms with E-state index in [2.05, 4.69) is 37.1 Å². The Morgan fingerprint density at radius 1 is 1.00 bits per heavy atom. The third-order valence-electron chi connectivity index (χ3n) is 6.40. The molecule has 3 aromatic rings. The van der Waals surface area contributed by atoms with E-state index < -0.39 is 17.6 Å². The Kier molecular flexibility index (Phi) is 6.51. The number of hydrogen-bond donors (Lipinski definition) is 1. The van der Waals surface area contributed by atoms with Gasteiger partial charge in [-0.1, -0.05) is 0 Å². The molecule has 0 radical (unpaired) electrons. The number of aromatic nitrogens is 3. The fourth-order valence-electron chi connectivity index (χ4n) is 4.48. The second kappa shape index (κ2) is 9.78. The summed E-state index contributed by atoms with van der Waals surface area (Å²) >= 11 is 0. The highest BCUT2D eigenvalue weighted by molar-refractivity contribution is 6.11. The molecular formula is C27H31N7O3. The molecule has 1 N–H and O–H groups in total. The summed E-state index contributed by atoms with van der Waals surface area (Å²) in [5, 5.41) is 3.25. The lowest BCUT2D eigenvalue weighted by Gasteiger charge is -2.33. The quantitative estimate of drug-likeness (QED) is 0.569. The van der Waals surface area contributed by atoms with Crippen LogP contribution in [0.2, 0.25) is 0 Å². The first kappa shape index (κ1) is 24.6. The highest BCUT2D eigenvalue weighted by Crippen LogP contribution is 2.37. The Bertz CT molecular complexity index is 1300. The molecular weight excluding hydrogens is 470 g/mol. The maximum atomic E-state index is 13.5. The van der Waals surface area contributed by atoms with E-state index in [9.17, 15) is 9.59 Å². The smallest absolute Gasteiger partial charge is 0.417 e. The number of pyridine rings is 3. The Morgan fingerprint density at radius 3 is 2.38 bits per heavy atom. The van der Waals surface area contributed by atoms with Crippen molar-refractivity contribution in [2.75, 3.05) is 43.4 Å². The van der Waals surface area contributed by atoms with Gasteiger partial charge in [-0.2, -0.15) is 0 Å². The average molecular weight is 502 g/mol. The summed E-state index contributed by atoms with van der Waals surface area (Å²) in [5.74, 6) is 0.153. The molecule has 0 unspecified atom stereocenters. The largest absolute Gasteiger partial charge is 0.443 e. The summed E-state index contributed by atoms with van der Waals surface area (Å²) in [7, 11) is 2.13. The summed E-state index contributed by atoms with van der Waals surface area (Å²) < 4.78 is 5.50. The zero-order valence-corrected chi connectivity index (χ0v) is 21.6. The van der Waals surface area contributed by atoms with Crippen LogP contribution >= 0.6 is 0 Å². The van der Waals surface area contributed by atoms with Crippen molar-refractivity contribution in [3.8, 4) is 11.3 Å². The molecule has 37 heavy (non-hydrogen) atoms. The van der Waals surface area contributed by atoms with Crippen molar-refractivity contribution in [1.82, 2.24) is 24.8 Å². The Labute approximate surface area is 216 Å². The molecule has 1 saturated heterocycles. The Balaban J connectivity index is 1.45. The molecule has 2 aliphatic rings. The molecule has 10 heteroatoms. The minimum Gasteiger partial charge on any atom is -0.443 e. The highest BCUT2D eigenvalue weighted by Gasteiger charge is 2.39. The van der Waals surface area contributed by atoms with Gasteiger partial charge < -0.3 is 19.9 Å². The molecule has 1 fully saturated rings. The second-order valence-corrected chi connectivity index (χ2v) is 10.3. The number of fused-ring (bicyclic) bond motifs is 1.